The topological polar surface area (TPSA) is 54.0 Å². The highest BCUT2D eigenvalue weighted by Crippen LogP contribution is 2.26. The van der Waals surface area contributed by atoms with Gasteiger partial charge in [-0.15, -0.1) is 0 Å². The summed E-state index contributed by atoms with van der Waals surface area (Å²) in [6.07, 6.45) is 5.62. The molecule has 0 aliphatic carbocycles. The van der Waals surface area contributed by atoms with E-state index in [-0.39, 0.29) is 11.9 Å². The number of nitrogens with one attached hydrogen (secondary N) is 2. The van der Waals surface area contributed by atoms with Crippen LogP contribution in [-0.4, -0.2) is 30.0 Å². The third kappa shape index (κ3) is 3.03. The number of carbonyl (C=O) groups is 1. The number of pyridine rings is 1. The third-order valence-electron chi connectivity index (χ3n) is 3.23. The van der Waals surface area contributed by atoms with Crippen LogP contribution in [0.2, 0.25) is 0 Å². The number of hydrogen-bond acceptors (Lipinski definition) is 3. The molecule has 1 amide bonds. The van der Waals surface area contributed by atoms with E-state index in [1.807, 2.05) is 19.2 Å². The van der Waals surface area contributed by atoms with Gasteiger partial charge in [0.25, 0.3) is 0 Å². The minimum Gasteiger partial charge on any atom is -0.355 e. The molecule has 2 atom stereocenters. The second-order valence-electron chi connectivity index (χ2n) is 4.41. The summed E-state index contributed by atoms with van der Waals surface area (Å²) in [6, 6.07) is 3.99. The molecule has 2 N–H and O–H groups in total. The van der Waals surface area contributed by atoms with Crippen LogP contribution in [0.5, 0.6) is 0 Å². The maximum Gasteiger partial charge on any atom is 0.237 e. The lowest BCUT2D eigenvalue weighted by atomic mass is 9.87. The molecule has 2 unspecified atom stereocenters. The van der Waals surface area contributed by atoms with Crippen molar-refractivity contribution in [2.24, 2.45) is 0 Å². The summed E-state index contributed by atoms with van der Waals surface area (Å²) in [4.78, 5) is 15.9. The van der Waals surface area contributed by atoms with E-state index in [0.29, 0.717) is 12.5 Å². The van der Waals surface area contributed by atoms with Gasteiger partial charge < -0.3 is 10.6 Å². The molecule has 2 heterocycles. The second-order valence-corrected chi connectivity index (χ2v) is 4.41. The molecule has 1 aromatic rings. The highest BCUT2D eigenvalue weighted by Gasteiger charge is 2.27. The van der Waals surface area contributed by atoms with Gasteiger partial charge in [0.1, 0.15) is 0 Å². The Hall–Kier alpha value is -1.42. The number of piperidine rings is 1. The van der Waals surface area contributed by atoms with Gasteiger partial charge >= 0.3 is 0 Å². The van der Waals surface area contributed by atoms with E-state index in [4.69, 9.17) is 0 Å². The van der Waals surface area contributed by atoms with Crippen LogP contribution in [0.1, 0.15) is 31.2 Å². The average molecular weight is 233 g/mol. The van der Waals surface area contributed by atoms with Gasteiger partial charge in [0.15, 0.2) is 0 Å². The van der Waals surface area contributed by atoms with Crippen molar-refractivity contribution in [3.8, 4) is 0 Å². The van der Waals surface area contributed by atoms with E-state index in [1.54, 1.807) is 6.20 Å². The van der Waals surface area contributed by atoms with E-state index in [2.05, 4.69) is 21.7 Å². The summed E-state index contributed by atoms with van der Waals surface area (Å²) in [5.41, 5.74) is 1.24. The van der Waals surface area contributed by atoms with Crippen LogP contribution in [-0.2, 0) is 4.79 Å². The van der Waals surface area contributed by atoms with Crippen molar-refractivity contribution in [2.75, 3.05) is 13.1 Å². The zero-order valence-corrected chi connectivity index (χ0v) is 10.1. The molecule has 4 nitrogen and oxygen atoms in total. The van der Waals surface area contributed by atoms with Gasteiger partial charge in [-0.05, 0) is 43.9 Å². The number of carbonyl (C=O) groups excluding carboxylic acids is 1. The summed E-state index contributed by atoms with van der Waals surface area (Å²) in [5.74, 6) is 0.554. The molecule has 17 heavy (non-hydrogen) atoms. The molecule has 0 aromatic carbocycles. The zero-order chi connectivity index (χ0) is 12.1. The Labute approximate surface area is 102 Å². The summed E-state index contributed by atoms with van der Waals surface area (Å²) >= 11 is 0. The van der Waals surface area contributed by atoms with Gasteiger partial charge in [0.05, 0.1) is 6.04 Å². The first-order valence-corrected chi connectivity index (χ1v) is 6.22. The fourth-order valence-electron chi connectivity index (χ4n) is 2.33. The summed E-state index contributed by atoms with van der Waals surface area (Å²) in [5, 5.41) is 6.14. The van der Waals surface area contributed by atoms with Crippen molar-refractivity contribution in [3.05, 3.63) is 30.1 Å². The van der Waals surface area contributed by atoms with Gasteiger partial charge in [-0.1, -0.05) is 6.07 Å². The molecular weight excluding hydrogens is 214 g/mol. The van der Waals surface area contributed by atoms with Gasteiger partial charge in [-0.25, -0.2) is 0 Å². The van der Waals surface area contributed by atoms with E-state index >= 15 is 0 Å². The van der Waals surface area contributed by atoms with Crippen LogP contribution in [0, 0.1) is 0 Å². The Bertz CT molecular complexity index is 366. The fourth-order valence-corrected chi connectivity index (χ4v) is 2.33. The van der Waals surface area contributed by atoms with Crippen molar-refractivity contribution in [3.63, 3.8) is 0 Å². The Morgan fingerprint density at radius 1 is 1.65 bits per heavy atom. The number of likely N-dealkylation sites (N-methyl/N-ethyl adjacent to an activating group) is 1. The van der Waals surface area contributed by atoms with Gasteiger partial charge in [-0.2, -0.15) is 0 Å². The molecule has 1 aliphatic rings. The van der Waals surface area contributed by atoms with Crippen molar-refractivity contribution < 1.29 is 4.79 Å². The summed E-state index contributed by atoms with van der Waals surface area (Å²) in [7, 11) is 0. The molecule has 0 bridgehead atoms. The molecule has 2 rings (SSSR count). The van der Waals surface area contributed by atoms with Crippen LogP contribution in [0.4, 0.5) is 0 Å². The number of amides is 1. The third-order valence-corrected chi connectivity index (χ3v) is 3.23. The van der Waals surface area contributed by atoms with Crippen molar-refractivity contribution >= 4 is 5.91 Å². The van der Waals surface area contributed by atoms with Crippen LogP contribution in [0.15, 0.2) is 24.5 Å². The normalized spacial score (nSPS) is 24.3. The first-order chi connectivity index (χ1) is 8.31. The Morgan fingerprint density at radius 2 is 2.53 bits per heavy atom. The molecule has 0 radical (unpaired) electrons. The predicted molar refractivity (Wildman–Crippen MR) is 66.7 cm³/mol. The van der Waals surface area contributed by atoms with Gasteiger partial charge in [-0.3, -0.25) is 9.78 Å². The largest absolute Gasteiger partial charge is 0.355 e. The van der Waals surface area contributed by atoms with E-state index in [1.165, 1.54) is 5.56 Å². The molecule has 0 spiro atoms. The van der Waals surface area contributed by atoms with Crippen LogP contribution in [0.25, 0.3) is 0 Å². The molecule has 1 fully saturated rings. The molecule has 1 aromatic heterocycles. The summed E-state index contributed by atoms with van der Waals surface area (Å²) in [6.45, 7) is 3.52. The maximum atomic E-state index is 11.8. The van der Waals surface area contributed by atoms with Gasteiger partial charge in [0, 0.05) is 18.9 Å². The lowest BCUT2D eigenvalue weighted by molar-refractivity contribution is -0.123. The molecule has 92 valence electrons. The molecule has 1 saturated heterocycles. The zero-order valence-electron chi connectivity index (χ0n) is 10.1. The monoisotopic (exact) mass is 233 g/mol. The standard InChI is InChI=1S/C13H19N3O/c1-2-15-13(17)12-8-10(5-7-16-12)11-4-3-6-14-9-11/h3-4,6,9-10,12,16H,2,5,7-8H2,1H3,(H,15,17). The predicted octanol–water partition coefficient (Wildman–Crippen LogP) is 1.05. The fraction of sp³-hybridized carbons (Fsp3) is 0.538. The SMILES string of the molecule is CCNC(=O)C1CC(c2cccnc2)CCN1. The molecule has 1 aliphatic heterocycles. The highest BCUT2D eigenvalue weighted by molar-refractivity contribution is 5.81. The lowest BCUT2D eigenvalue weighted by Crippen LogP contribution is -2.48. The molecule has 4 heteroatoms. The Kier molecular flexibility index (Phi) is 4.09. The van der Waals surface area contributed by atoms with Crippen LogP contribution >= 0.6 is 0 Å². The van der Waals surface area contributed by atoms with E-state index < -0.39 is 0 Å². The smallest absolute Gasteiger partial charge is 0.237 e. The maximum absolute atomic E-state index is 11.8. The van der Waals surface area contributed by atoms with Crippen molar-refractivity contribution in [1.29, 1.82) is 0 Å². The lowest BCUT2D eigenvalue weighted by Gasteiger charge is -2.29. The van der Waals surface area contributed by atoms with E-state index in [0.717, 1.165) is 19.4 Å². The first kappa shape index (κ1) is 12.0. The molecule has 0 saturated carbocycles. The Balaban J connectivity index is 2.00. The Morgan fingerprint density at radius 3 is 3.24 bits per heavy atom. The average Bonchev–Trinajstić information content (AvgIpc) is 2.40. The first-order valence-electron chi connectivity index (χ1n) is 6.22. The highest BCUT2D eigenvalue weighted by atomic mass is 16.2. The number of hydrogen-bond donors (Lipinski definition) is 2. The van der Waals surface area contributed by atoms with Gasteiger partial charge in [0.2, 0.25) is 5.91 Å². The summed E-state index contributed by atoms with van der Waals surface area (Å²) < 4.78 is 0. The minimum atomic E-state index is -0.0612. The number of rotatable bonds is 3. The van der Waals surface area contributed by atoms with Crippen LogP contribution in [0.3, 0.4) is 0 Å². The quantitative estimate of drug-likeness (QED) is 0.820. The van der Waals surface area contributed by atoms with E-state index in [9.17, 15) is 4.79 Å². The number of aromatic nitrogens is 1. The van der Waals surface area contributed by atoms with Crippen molar-refractivity contribution in [1.82, 2.24) is 15.6 Å². The van der Waals surface area contributed by atoms with Crippen LogP contribution < -0.4 is 10.6 Å². The molecular formula is C13H19N3O. The van der Waals surface area contributed by atoms with Crippen molar-refractivity contribution in [2.45, 2.75) is 31.7 Å². The number of nitrogens with zero attached hydrogens (tertiary/aromatic N) is 1. The second kappa shape index (κ2) is 5.77. The minimum absolute atomic E-state index is 0.0612.